The first-order chi connectivity index (χ1) is 8.18. The Morgan fingerprint density at radius 3 is 2.76 bits per heavy atom. The van der Waals surface area contributed by atoms with E-state index in [-0.39, 0.29) is 0 Å². The fourth-order valence-electron chi connectivity index (χ4n) is 2.97. The third kappa shape index (κ3) is 2.99. The average molecular weight is 232 g/mol. The lowest BCUT2D eigenvalue weighted by Gasteiger charge is -2.35. The summed E-state index contributed by atoms with van der Waals surface area (Å²) in [4.78, 5) is 4.35. The minimum atomic E-state index is 0.631. The number of aromatic nitrogens is 1. The van der Waals surface area contributed by atoms with Crippen LogP contribution in [0.2, 0.25) is 0 Å². The number of aryl methyl sites for hydroxylation is 1. The van der Waals surface area contributed by atoms with Crippen LogP contribution in [0.4, 0.5) is 5.69 Å². The van der Waals surface area contributed by atoms with E-state index in [9.17, 15) is 0 Å². The van der Waals surface area contributed by atoms with Gasteiger partial charge in [0.1, 0.15) is 0 Å². The van der Waals surface area contributed by atoms with Gasteiger partial charge in [-0.25, -0.2) is 0 Å². The summed E-state index contributed by atoms with van der Waals surface area (Å²) < 4.78 is 0. The maximum absolute atomic E-state index is 4.35. The van der Waals surface area contributed by atoms with Crippen LogP contribution in [0, 0.1) is 18.8 Å². The van der Waals surface area contributed by atoms with Crippen LogP contribution >= 0.6 is 0 Å². The van der Waals surface area contributed by atoms with Crippen LogP contribution < -0.4 is 5.32 Å². The summed E-state index contributed by atoms with van der Waals surface area (Å²) in [6.45, 7) is 6.77. The van der Waals surface area contributed by atoms with Gasteiger partial charge < -0.3 is 5.32 Å². The second-order valence-corrected chi connectivity index (χ2v) is 5.58. The molecule has 0 bridgehead atoms. The van der Waals surface area contributed by atoms with Gasteiger partial charge in [-0.1, -0.05) is 26.7 Å². The molecule has 2 nitrogen and oxygen atoms in total. The van der Waals surface area contributed by atoms with E-state index in [0.717, 1.165) is 17.5 Å². The molecule has 1 aromatic heterocycles. The molecule has 1 aliphatic carbocycles. The second-order valence-electron chi connectivity index (χ2n) is 5.58. The number of nitrogens with zero attached hydrogens (tertiary/aromatic N) is 1. The zero-order valence-electron chi connectivity index (χ0n) is 11.2. The standard InChI is InChI=1S/C15H24N2/c1-11(2)13-7-4-5-8-15(13)17-14-9-6-10-16-12(14)3/h6,9-11,13,15,17H,4-5,7-8H2,1-3H3. The van der Waals surface area contributed by atoms with E-state index >= 15 is 0 Å². The van der Waals surface area contributed by atoms with Crippen molar-refractivity contribution in [2.75, 3.05) is 5.32 Å². The van der Waals surface area contributed by atoms with Gasteiger partial charge in [0.2, 0.25) is 0 Å². The molecule has 0 spiro atoms. The van der Waals surface area contributed by atoms with Gasteiger partial charge in [0.15, 0.2) is 0 Å². The first-order valence-electron chi connectivity index (χ1n) is 6.86. The normalized spacial score (nSPS) is 24.9. The van der Waals surface area contributed by atoms with Crippen molar-refractivity contribution in [1.82, 2.24) is 4.98 Å². The number of anilines is 1. The van der Waals surface area contributed by atoms with Gasteiger partial charge in [-0.15, -0.1) is 0 Å². The first-order valence-corrected chi connectivity index (χ1v) is 6.86. The van der Waals surface area contributed by atoms with Gasteiger partial charge in [0.05, 0.1) is 11.4 Å². The van der Waals surface area contributed by atoms with Gasteiger partial charge >= 0.3 is 0 Å². The van der Waals surface area contributed by atoms with Crippen LogP contribution in [0.25, 0.3) is 0 Å². The van der Waals surface area contributed by atoms with Crippen LogP contribution in [-0.2, 0) is 0 Å². The van der Waals surface area contributed by atoms with Crippen LogP contribution in [0.5, 0.6) is 0 Å². The molecular formula is C15H24N2. The van der Waals surface area contributed by atoms with Crippen molar-refractivity contribution in [1.29, 1.82) is 0 Å². The number of rotatable bonds is 3. The van der Waals surface area contributed by atoms with Gasteiger partial charge in [-0.2, -0.15) is 0 Å². The number of nitrogens with one attached hydrogen (secondary N) is 1. The topological polar surface area (TPSA) is 24.9 Å². The highest BCUT2D eigenvalue weighted by molar-refractivity contribution is 5.47. The smallest absolute Gasteiger partial charge is 0.0603 e. The third-order valence-corrected chi connectivity index (χ3v) is 4.02. The minimum absolute atomic E-state index is 0.631. The molecule has 0 amide bonds. The molecule has 2 heteroatoms. The fourth-order valence-corrected chi connectivity index (χ4v) is 2.97. The van der Waals surface area contributed by atoms with Crippen molar-refractivity contribution in [3.05, 3.63) is 24.0 Å². The van der Waals surface area contributed by atoms with E-state index in [4.69, 9.17) is 0 Å². The summed E-state index contributed by atoms with van der Waals surface area (Å²) >= 11 is 0. The van der Waals surface area contributed by atoms with Gasteiger partial charge in [0, 0.05) is 12.2 Å². The van der Waals surface area contributed by atoms with Crippen molar-refractivity contribution >= 4 is 5.69 Å². The molecular weight excluding hydrogens is 208 g/mol. The highest BCUT2D eigenvalue weighted by atomic mass is 14.9. The van der Waals surface area contributed by atoms with E-state index in [1.807, 2.05) is 12.3 Å². The fraction of sp³-hybridized carbons (Fsp3) is 0.667. The summed E-state index contributed by atoms with van der Waals surface area (Å²) in [6, 6.07) is 4.79. The molecule has 0 saturated heterocycles. The first kappa shape index (κ1) is 12.4. The quantitative estimate of drug-likeness (QED) is 0.851. The Hall–Kier alpha value is -1.05. The molecule has 2 unspecified atom stereocenters. The molecule has 1 N–H and O–H groups in total. The molecule has 1 aliphatic rings. The number of hydrogen-bond acceptors (Lipinski definition) is 2. The summed E-state index contributed by atoms with van der Waals surface area (Å²) in [7, 11) is 0. The van der Waals surface area contributed by atoms with E-state index in [0.29, 0.717) is 6.04 Å². The van der Waals surface area contributed by atoms with E-state index in [1.165, 1.54) is 31.4 Å². The largest absolute Gasteiger partial charge is 0.381 e. The van der Waals surface area contributed by atoms with Crippen molar-refractivity contribution in [3.8, 4) is 0 Å². The van der Waals surface area contributed by atoms with Crippen molar-refractivity contribution in [2.45, 2.75) is 52.5 Å². The van der Waals surface area contributed by atoms with E-state index < -0.39 is 0 Å². The number of hydrogen-bond donors (Lipinski definition) is 1. The molecule has 0 radical (unpaired) electrons. The summed E-state index contributed by atoms with van der Waals surface area (Å²) in [6.07, 6.45) is 7.29. The maximum Gasteiger partial charge on any atom is 0.0603 e. The molecule has 0 aliphatic heterocycles. The summed E-state index contributed by atoms with van der Waals surface area (Å²) in [5.41, 5.74) is 2.32. The van der Waals surface area contributed by atoms with Gasteiger partial charge in [-0.3, -0.25) is 4.98 Å². The minimum Gasteiger partial charge on any atom is -0.381 e. The van der Waals surface area contributed by atoms with Gasteiger partial charge in [0.25, 0.3) is 0 Å². The van der Waals surface area contributed by atoms with Crippen molar-refractivity contribution in [3.63, 3.8) is 0 Å². The maximum atomic E-state index is 4.35. The monoisotopic (exact) mass is 232 g/mol. The number of pyridine rings is 1. The highest BCUT2D eigenvalue weighted by Crippen LogP contribution is 2.32. The SMILES string of the molecule is Cc1ncccc1NC1CCCCC1C(C)C. The molecule has 1 saturated carbocycles. The lowest BCUT2D eigenvalue weighted by molar-refractivity contribution is 0.253. The Labute approximate surface area is 105 Å². The molecule has 0 aromatic carbocycles. The lowest BCUT2D eigenvalue weighted by Crippen LogP contribution is -2.35. The molecule has 17 heavy (non-hydrogen) atoms. The molecule has 1 heterocycles. The lowest BCUT2D eigenvalue weighted by atomic mass is 9.78. The van der Waals surface area contributed by atoms with Crippen molar-refractivity contribution in [2.24, 2.45) is 11.8 Å². The summed E-state index contributed by atoms with van der Waals surface area (Å²) in [5.74, 6) is 1.58. The second kappa shape index (κ2) is 5.52. The van der Waals surface area contributed by atoms with Crippen LogP contribution in [0.3, 0.4) is 0 Å². The Bertz CT molecular complexity index is 360. The molecule has 1 fully saturated rings. The Balaban J connectivity index is 2.08. The van der Waals surface area contributed by atoms with E-state index in [2.05, 4.69) is 37.1 Å². The summed E-state index contributed by atoms with van der Waals surface area (Å²) in [5, 5.41) is 3.72. The molecule has 2 rings (SSSR count). The predicted octanol–water partition coefficient (Wildman–Crippen LogP) is 4.02. The molecule has 1 aromatic rings. The third-order valence-electron chi connectivity index (χ3n) is 4.02. The van der Waals surface area contributed by atoms with Crippen LogP contribution in [0.1, 0.15) is 45.2 Å². The van der Waals surface area contributed by atoms with Crippen LogP contribution in [0.15, 0.2) is 18.3 Å². The highest BCUT2D eigenvalue weighted by Gasteiger charge is 2.27. The zero-order chi connectivity index (χ0) is 12.3. The Morgan fingerprint density at radius 2 is 2.06 bits per heavy atom. The van der Waals surface area contributed by atoms with Gasteiger partial charge in [-0.05, 0) is 43.7 Å². The van der Waals surface area contributed by atoms with Crippen LogP contribution in [-0.4, -0.2) is 11.0 Å². The zero-order valence-corrected chi connectivity index (χ0v) is 11.2. The molecule has 94 valence electrons. The Kier molecular flexibility index (Phi) is 4.03. The average Bonchev–Trinajstić information content (AvgIpc) is 2.32. The van der Waals surface area contributed by atoms with Crippen molar-refractivity contribution < 1.29 is 0 Å². The van der Waals surface area contributed by atoms with E-state index in [1.54, 1.807) is 0 Å². The predicted molar refractivity (Wildman–Crippen MR) is 73.2 cm³/mol. The molecule has 2 atom stereocenters. The Morgan fingerprint density at radius 1 is 1.29 bits per heavy atom.